The van der Waals surface area contributed by atoms with Gasteiger partial charge >= 0.3 is 30.9 Å². The molecule has 0 spiro atoms. The maximum absolute atomic E-state index is 11.5. The van der Waals surface area contributed by atoms with Crippen LogP contribution in [-0.4, -0.2) is 34.8 Å². The van der Waals surface area contributed by atoms with Crippen molar-refractivity contribution >= 4 is 0 Å². The van der Waals surface area contributed by atoms with Crippen molar-refractivity contribution in [2.24, 2.45) is 0 Å². The molecule has 2 fully saturated rings. The molecule has 2 rings (SSSR count). The number of aliphatic hydroxyl groups excluding tert-OH is 2. The summed E-state index contributed by atoms with van der Waals surface area (Å²) in [6, 6.07) is 0. The first-order chi connectivity index (χ1) is 10.5. The standard InChI is InChI=1S/C5H6F6O2.2C5H10.CH4.2CH3.V/c6-4(7,8)2(12)1-3(13)5(9,10)11;2*1-2-4-5-3-1;;;;/h2-3,12-13H,1H2;2*1-5H2;1H4;2*1H3;/q;;;;2*-1;+2. The fourth-order valence-electron chi connectivity index (χ4n) is 2.25. The fourth-order valence-corrected chi connectivity index (χ4v) is 2.25. The van der Waals surface area contributed by atoms with Crippen LogP contribution in [0.1, 0.15) is 78.1 Å². The molecule has 0 aromatic carbocycles. The molecule has 167 valence electrons. The van der Waals surface area contributed by atoms with E-state index in [4.69, 9.17) is 10.2 Å². The van der Waals surface area contributed by atoms with Crippen molar-refractivity contribution < 1.29 is 55.1 Å². The van der Waals surface area contributed by atoms with Crippen LogP contribution in [0.4, 0.5) is 26.3 Å². The van der Waals surface area contributed by atoms with Gasteiger partial charge in [-0.1, -0.05) is 71.6 Å². The molecule has 9 heteroatoms. The number of hydrogen-bond acceptors (Lipinski definition) is 2. The van der Waals surface area contributed by atoms with E-state index in [1.807, 2.05) is 0 Å². The molecule has 2 saturated carbocycles. The second-order valence-corrected chi connectivity index (χ2v) is 5.89. The van der Waals surface area contributed by atoms with Gasteiger partial charge in [0.15, 0.2) is 12.2 Å². The van der Waals surface area contributed by atoms with Gasteiger partial charge in [-0.2, -0.15) is 26.3 Å². The van der Waals surface area contributed by atoms with Crippen LogP contribution >= 0.6 is 0 Å². The normalized spacial score (nSPS) is 17.8. The third-order valence-corrected chi connectivity index (χ3v) is 3.70. The van der Waals surface area contributed by atoms with Gasteiger partial charge in [0.1, 0.15) is 0 Å². The topological polar surface area (TPSA) is 40.5 Å². The maximum atomic E-state index is 11.5. The molecule has 0 aromatic rings. The average molecular weight is 449 g/mol. The van der Waals surface area contributed by atoms with Gasteiger partial charge < -0.3 is 25.1 Å². The van der Waals surface area contributed by atoms with E-state index in [1.165, 1.54) is 64.2 Å². The summed E-state index contributed by atoms with van der Waals surface area (Å²) >= 11 is 0. The van der Waals surface area contributed by atoms with Crippen LogP contribution in [0.2, 0.25) is 0 Å². The van der Waals surface area contributed by atoms with Gasteiger partial charge in [-0.15, -0.1) is 0 Å². The van der Waals surface area contributed by atoms with Gasteiger partial charge in [0.2, 0.25) is 0 Å². The Morgan fingerprint density at radius 2 is 0.704 bits per heavy atom. The van der Waals surface area contributed by atoms with E-state index in [0.29, 0.717) is 0 Å². The minimum Gasteiger partial charge on any atom is -0.384 e. The van der Waals surface area contributed by atoms with Crippen LogP contribution in [0.15, 0.2) is 0 Å². The Kier molecular flexibility index (Phi) is 27.2. The number of alkyl halides is 6. The first-order valence-electron chi connectivity index (χ1n) is 8.04. The zero-order valence-electron chi connectivity index (χ0n) is 15.5. The average Bonchev–Trinajstić information content (AvgIpc) is 3.15. The third kappa shape index (κ3) is 22.2. The van der Waals surface area contributed by atoms with Gasteiger partial charge in [-0.25, -0.2) is 0 Å². The largest absolute Gasteiger partial charge is 2.00 e. The number of hydrogen-bond donors (Lipinski definition) is 2. The maximum Gasteiger partial charge on any atom is 2.00 e. The first kappa shape index (κ1) is 37.8. The predicted molar refractivity (Wildman–Crippen MR) is 94.5 cm³/mol. The molecule has 0 amide bonds. The second kappa shape index (κ2) is 19.4. The summed E-state index contributed by atoms with van der Waals surface area (Å²) in [6.07, 6.45) is -3.42. The molecule has 0 bridgehead atoms. The smallest absolute Gasteiger partial charge is 0.384 e. The Morgan fingerprint density at radius 3 is 0.815 bits per heavy atom. The fraction of sp³-hybridized carbons (Fsp3) is 0.889. The van der Waals surface area contributed by atoms with Gasteiger partial charge in [-0.05, 0) is 0 Å². The van der Waals surface area contributed by atoms with Crippen molar-refractivity contribution in [2.75, 3.05) is 0 Å². The van der Waals surface area contributed by atoms with E-state index >= 15 is 0 Å². The van der Waals surface area contributed by atoms with E-state index in [-0.39, 0.29) is 40.8 Å². The molecule has 2 unspecified atom stereocenters. The first-order valence-corrected chi connectivity index (χ1v) is 8.04. The summed E-state index contributed by atoms with van der Waals surface area (Å²) in [5.41, 5.74) is 0. The SMILES string of the molecule is C.C1CCCC1.C1CCCC1.OC(CC(O)C(F)(F)F)C(F)(F)F.[CH3-].[CH3-].[V+2]. The van der Waals surface area contributed by atoms with Crippen molar-refractivity contribution in [1.82, 2.24) is 0 Å². The third-order valence-electron chi connectivity index (χ3n) is 3.70. The molecule has 2 aliphatic rings. The molecule has 2 atom stereocenters. The van der Waals surface area contributed by atoms with Crippen LogP contribution in [0.25, 0.3) is 0 Å². The van der Waals surface area contributed by atoms with Crippen LogP contribution in [0.5, 0.6) is 0 Å². The number of aliphatic hydroxyl groups is 2. The summed E-state index contributed by atoms with van der Waals surface area (Å²) in [6.45, 7) is 0. The van der Waals surface area contributed by atoms with E-state index in [0.717, 1.165) is 0 Å². The Morgan fingerprint density at radius 1 is 0.556 bits per heavy atom. The van der Waals surface area contributed by atoms with Crippen LogP contribution in [0.3, 0.4) is 0 Å². The van der Waals surface area contributed by atoms with Crippen molar-refractivity contribution in [3.8, 4) is 0 Å². The zero-order valence-corrected chi connectivity index (χ0v) is 16.9. The zero-order chi connectivity index (χ0) is 17.9. The molecular formula is C18H36F6O2V. The van der Waals surface area contributed by atoms with Gasteiger partial charge in [0.05, 0.1) is 0 Å². The Bertz CT molecular complexity index is 247. The van der Waals surface area contributed by atoms with E-state index < -0.39 is 31.0 Å². The Balaban J connectivity index is -0.0000000962. The Hall–Kier alpha value is 0.0844. The molecule has 2 N–H and O–H groups in total. The summed E-state index contributed by atoms with van der Waals surface area (Å²) in [5.74, 6) is 0. The van der Waals surface area contributed by atoms with E-state index in [2.05, 4.69) is 0 Å². The monoisotopic (exact) mass is 449 g/mol. The Labute approximate surface area is 173 Å². The van der Waals surface area contributed by atoms with Crippen molar-refractivity contribution in [3.05, 3.63) is 14.9 Å². The molecular weight excluding hydrogens is 413 g/mol. The van der Waals surface area contributed by atoms with Crippen molar-refractivity contribution in [2.45, 2.75) is 103 Å². The van der Waals surface area contributed by atoms with Crippen molar-refractivity contribution in [3.63, 3.8) is 0 Å². The summed E-state index contributed by atoms with van der Waals surface area (Å²) < 4.78 is 68.8. The van der Waals surface area contributed by atoms with Crippen molar-refractivity contribution in [1.29, 1.82) is 0 Å². The predicted octanol–water partition coefficient (Wildman–Crippen LogP) is 6.66. The molecule has 1 radical (unpaired) electrons. The van der Waals surface area contributed by atoms with Crippen LogP contribution < -0.4 is 0 Å². The molecule has 2 nitrogen and oxygen atoms in total. The number of rotatable bonds is 2. The van der Waals surface area contributed by atoms with Gasteiger partial charge in [0, 0.05) is 6.42 Å². The van der Waals surface area contributed by atoms with Gasteiger partial charge in [-0.3, -0.25) is 0 Å². The molecule has 2 aliphatic carbocycles. The second-order valence-electron chi connectivity index (χ2n) is 5.89. The van der Waals surface area contributed by atoms with Crippen LogP contribution in [-0.2, 0) is 18.6 Å². The van der Waals surface area contributed by atoms with Crippen LogP contribution in [0, 0.1) is 14.9 Å². The summed E-state index contributed by atoms with van der Waals surface area (Å²) in [4.78, 5) is 0. The molecule has 0 heterocycles. The molecule has 0 aliphatic heterocycles. The minimum atomic E-state index is -5.15. The minimum absolute atomic E-state index is 0. The van der Waals surface area contributed by atoms with E-state index in [9.17, 15) is 26.3 Å². The van der Waals surface area contributed by atoms with E-state index in [1.54, 1.807) is 0 Å². The summed E-state index contributed by atoms with van der Waals surface area (Å²) in [5, 5.41) is 16.3. The quantitative estimate of drug-likeness (QED) is 0.366. The number of halogens is 6. The molecule has 0 aromatic heterocycles. The summed E-state index contributed by atoms with van der Waals surface area (Å²) in [7, 11) is 0. The molecule has 0 saturated heterocycles. The van der Waals surface area contributed by atoms with Gasteiger partial charge in [0.25, 0.3) is 0 Å². The molecule has 27 heavy (non-hydrogen) atoms.